The topological polar surface area (TPSA) is 421 Å². The Balaban J connectivity index is 8.64. The zero-order valence-corrected chi connectivity index (χ0v) is 73.7. The first-order valence-corrected chi connectivity index (χ1v) is 38.7. The highest BCUT2D eigenvalue weighted by Crippen LogP contribution is 2.59. The summed E-state index contributed by atoms with van der Waals surface area (Å²) in [5.74, 6) is -11.8. The minimum atomic E-state index is -2.11. The molecule has 0 rings (SSSR count). The number of esters is 14. The lowest BCUT2D eigenvalue weighted by Crippen LogP contribution is -2.51. The lowest BCUT2D eigenvalue weighted by atomic mass is 9.55. The highest BCUT2D eigenvalue weighted by atomic mass is 32.2. The maximum Gasteiger partial charge on any atom is 0.312 e. The third kappa shape index (κ3) is 27.2. The van der Waals surface area contributed by atoms with E-state index in [4.69, 9.17) is 75.8 Å². The summed E-state index contributed by atoms with van der Waals surface area (Å²) >= 11 is 2.80. The number of carbonyl (C=O) groups excluding carboxylic acids is 16. The van der Waals surface area contributed by atoms with E-state index in [1.807, 2.05) is 0 Å². The maximum atomic E-state index is 15.0. The molecular formula is C79H128O32S2. The normalized spacial score (nSPS) is 18.7. The van der Waals surface area contributed by atoms with Crippen molar-refractivity contribution in [3.63, 3.8) is 0 Å². The van der Waals surface area contributed by atoms with E-state index < -0.39 is 236 Å². The summed E-state index contributed by atoms with van der Waals surface area (Å²) in [5, 5.41) is 0. The first-order chi connectivity index (χ1) is 51.9. The second kappa shape index (κ2) is 43.3. The average Bonchev–Trinajstić information content (AvgIpc) is 0.752. The zero-order valence-electron chi connectivity index (χ0n) is 72.0. The standard InChI is InChI=1S/C79H128O32S2/c1-66(2,52(82)96-16)35-67(3,53(83)97-17)36-68(4,54(84)98-18)37-69(5,55(85)99-19)38-70(6,56(86)100-20)39-71(7,57(87)101-21)40-72(8,58(88)102-22)41-73(9,59(89)103-23)42-74(10,60(90)104-24)43-75(11,61(91)105-25)44-76(12,62(92)106-26)45-77(13,63(93)107-27)46-78(14,64(94)108-28)47-79(15,65(95)109-29)48-113-32-30-31-112-34-51(111-50-81)33-110-49-80/h49-51H,30-48H2,1-29H3. The van der Waals surface area contributed by atoms with Gasteiger partial charge in [0, 0.05) is 11.5 Å². The van der Waals surface area contributed by atoms with Gasteiger partial charge in [-0.2, -0.15) is 23.5 Å². The van der Waals surface area contributed by atoms with E-state index in [0.717, 1.165) is 85.3 Å². The van der Waals surface area contributed by atoms with Crippen molar-refractivity contribution in [3.05, 3.63) is 0 Å². The molecule has 0 aromatic carbocycles. The van der Waals surface area contributed by atoms with Crippen molar-refractivity contribution in [2.75, 3.05) is 129 Å². The van der Waals surface area contributed by atoms with Gasteiger partial charge in [-0.15, -0.1) is 0 Å². The molecular weight excluding hydrogens is 1520 g/mol. The molecule has 0 saturated heterocycles. The van der Waals surface area contributed by atoms with Crippen LogP contribution in [0.5, 0.6) is 0 Å². The lowest BCUT2D eigenvalue weighted by molar-refractivity contribution is -0.175. The van der Waals surface area contributed by atoms with Gasteiger partial charge in [0.05, 0.1) is 175 Å². The highest BCUT2D eigenvalue weighted by Gasteiger charge is 2.63. The molecule has 32 nitrogen and oxygen atoms in total. The molecule has 14 unspecified atom stereocenters. The van der Waals surface area contributed by atoms with Crippen LogP contribution in [-0.4, -0.2) is 232 Å². The Bertz CT molecular complexity index is 3360. The first-order valence-electron chi connectivity index (χ1n) is 36.4. The molecule has 0 aliphatic rings. The number of thioether (sulfide) groups is 2. The fourth-order valence-corrected chi connectivity index (χ4v) is 21.0. The SMILES string of the molecule is COC(=O)C(C)(C)CC(C)(CC(C)(CC(C)(CC(C)(CC(C)(CC(C)(CC(C)(CC(C)(CC(C)(CC(C)(CC(C)(CC(C)(CC(C)(CSCCCSCC(COC=O)OC=O)C(=O)OC)C(=O)OC)C(=O)OC)C(=O)OC)C(=O)OC)C(=O)OC)C(=O)OC)C(=O)OC)C(=O)OC)C(=O)OC)C(=O)OC)C(=O)OC)C(=O)OC. The predicted molar refractivity (Wildman–Crippen MR) is 410 cm³/mol. The first kappa shape index (κ1) is 105. The van der Waals surface area contributed by atoms with Crippen LogP contribution in [0.3, 0.4) is 0 Å². The van der Waals surface area contributed by atoms with Gasteiger partial charge >= 0.3 is 83.6 Å². The molecule has 0 amide bonds. The summed E-state index contributed by atoms with van der Waals surface area (Å²) in [4.78, 5) is 225. The fourth-order valence-electron chi connectivity index (χ4n) is 18.7. The van der Waals surface area contributed by atoms with Crippen molar-refractivity contribution in [2.45, 2.75) is 200 Å². The van der Waals surface area contributed by atoms with Gasteiger partial charge in [-0.25, -0.2) is 0 Å². The Kier molecular flexibility index (Phi) is 40.3. The van der Waals surface area contributed by atoms with Gasteiger partial charge < -0.3 is 75.8 Å². The number of hydrogen-bond donors (Lipinski definition) is 0. The van der Waals surface area contributed by atoms with Crippen LogP contribution in [0.4, 0.5) is 0 Å². The predicted octanol–water partition coefficient (Wildman–Crippen LogP) is 9.16. The Morgan fingerprint density at radius 2 is 0.425 bits per heavy atom. The Morgan fingerprint density at radius 1 is 0.248 bits per heavy atom. The Hall–Kier alpha value is -7.78. The summed E-state index contributed by atoms with van der Waals surface area (Å²) in [7, 11) is 15.1. The molecule has 0 heterocycles. The van der Waals surface area contributed by atoms with Crippen LogP contribution in [0.25, 0.3) is 0 Å². The number of methoxy groups -OCH3 is 14. The molecule has 648 valence electrons. The quantitative estimate of drug-likeness (QED) is 0.0237. The molecule has 0 bridgehead atoms. The summed E-state index contributed by atoms with van der Waals surface area (Å²) in [6.45, 7) is 21.7. The molecule has 0 aromatic rings. The molecule has 0 aliphatic heterocycles. The molecule has 113 heavy (non-hydrogen) atoms. The maximum absolute atomic E-state index is 15.0. The van der Waals surface area contributed by atoms with Crippen molar-refractivity contribution in [1.29, 1.82) is 0 Å². The largest absolute Gasteiger partial charge is 0.469 e. The highest BCUT2D eigenvalue weighted by molar-refractivity contribution is 8.00. The smallest absolute Gasteiger partial charge is 0.312 e. The third-order valence-electron chi connectivity index (χ3n) is 21.7. The summed E-state index contributed by atoms with van der Waals surface area (Å²) in [6.07, 6.45) is -7.26. The summed E-state index contributed by atoms with van der Waals surface area (Å²) in [5.41, 5.74) is -26.6. The average molecular weight is 1650 g/mol. The second-order valence-electron chi connectivity index (χ2n) is 34.1. The Morgan fingerprint density at radius 3 is 0.611 bits per heavy atom. The van der Waals surface area contributed by atoms with Crippen LogP contribution < -0.4 is 0 Å². The zero-order chi connectivity index (χ0) is 88.2. The van der Waals surface area contributed by atoms with Crippen LogP contribution in [0.1, 0.15) is 194 Å². The Labute approximate surface area is 674 Å². The molecule has 0 radical (unpaired) electrons. The van der Waals surface area contributed by atoms with Crippen molar-refractivity contribution >= 4 is 120 Å². The number of rotatable bonds is 53. The van der Waals surface area contributed by atoms with Crippen LogP contribution in [-0.2, 0) is 153 Å². The molecule has 0 aliphatic carbocycles. The molecule has 14 atom stereocenters. The number of carbonyl (C=O) groups is 16. The molecule has 0 spiro atoms. The molecule has 0 saturated carbocycles. The van der Waals surface area contributed by atoms with Crippen LogP contribution in [0.2, 0.25) is 0 Å². The van der Waals surface area contributed by atoms with Gasteiger partial charge in [-0.05, 0) is 205 Å². The monoisotopic (exact) mass is 1650 g/mol. The van der Waals surface area contributed by atoms with Gasteiger partial charge in [-0.3, -0.25) is 76.7 Å². The summed E-state index contributed by atoms with van der Waals surface area (Å²) in [6, 6.07) is 0. The van der Waals surface area contributed by atoms with Gasteiger partial charge in [0.2, 0.25) is 0 Å². The number of ether oxygens (including phenoxy) is 16. The van der Waals surface area contributed by atoms with Crippen LogP contribution in [0.15, 0.2) is 0 Å². The van der Waals surface area contributed by atoms with Crippen molar-refractivity contribution < 1.29 is 153 Å². The molecule has 0 fully saturated rings. The van der Waals surface area contributed by atoms with E-state index in [9.17, 15) is 76.7 Å². The van der Waals surface area contributed by atoms with Gasteiger partial charge in [0.15, 0.2) is 0 Å². The third-order valence-corrected chi connectivity index (χ3v) is 24.3. The van der Waals surface area contributed by atoms with E-state index in [1.165, 1.54) is 135 Å². The van der Waals surface area contributed by atoms with E-state index in [2.05, 4.69) is 0 Å². The van der Waals surface area contributed by atoms with Gasteiger partial charge in [-0.1, -0.05) is 0 Å². The molecule has 0 aromatic heterocycles. The van der Waals surface area contributed by atoms with E-state index >= 15 is 0 Å². The van der Waals surface area contributed by atoms with Crippen LogP contribution in [0, 0.1) is 75.8 Å². The second-order valence-corrected chi connectivity index (χ2v) is 36.4. The van der Waals surface area contributed by atoms with Gasteiger partial charge in [0.1, 0.15) is 12.7 Å². The minimum absolute atomic E-state index is 0.0839. The van der Waals surface area contributed by atoms with E-state index in [-0.39, 0.29) is 38.1 Å². The molecule has 0 N–H and O–H groups in total. The lowest BCUT2D eigenvalue weighted by Gasteiger charge is -2.47. The van der Waals surface area contributed by atoms with E-state index in [0.29, 0.717) is 23.7 Å². The molecule has 34 heteroatoms. The van der Waals surface area contributed by atoms with E-state index in [1.54, 1.807) is 6.92 Å². The summed E-state index contributed by atoms with van der Waals surface area (Å²) < 4.78 is 85.3. The van der Waals surface area contributed by atoms with Crippen molar-refractivity contribution in [1.82, 2.24) is 0 Å². The van der Waals surface area contributed by atoms with Crippen LogP contribution >= 0.6 is 23.5 Å². The van der Waals surface area contributed by atoms with Gasteiger partial charge in [0.25, 0.3) is 12.9 Å². The van der Waals surface area contributed by atoms with Crippen molar-refractivity contribution in [2.24, 2.45) is 75.8 Å². The minimum Gasteiger partial charge on any atom is -0.469 e. The van der Waals surface area contributed by atoms with Crippen molar-refractivity contribution in [3.8, 4) is 0 Å². The number of hydrogen-bond acceptors (Lipinski definition) is 34. The fraction of sp³-hybridized carbons (Fsp3) is 0.797.